The van der Waals surface area contributed by atoms with E-state index in [2.05, 4.69) is 43.5 Å². The fourth-order valence-electron chi connectivity index (χ4n) is 4.26. The highest BCUT2D eigenvalue weighted by Crippen LogP contribution is 2.38. The summed E-state index contributed by atoms with van der Waals surface area (Å²) in [7, 11) is 1.23. The number of likely N-dealkylation sites (N-methyl/N-ethyl adjacent to an activating group) is 1. The van der Waals surface area contributed by atoms with Gasteiger partial charge in [0.05, 0.1) is 39.9 Å². The van der Waals surface area contributed by atoms with Gasteiger partial charge in [-0.1, -0.05) is 102 Å². The van der Waals surface area contributed by atoms with Crippen LogP contribution in [-0.4, -0.2) is 68.5 Å². The first-order valence-electron chi connectivity index (χ1n) is 16.9. The molecule has 0 aliphatic rings. The second-order valence-electron chi connectivity index (χ2n) is 12.5. The van der Waals surface area contributed by atoms with E-state index in [9.17, 15) is 19.4 Å². The smallest absolute Gasteiger partial charge is 0.268 e. The van der Waals surface area contributed by atoms with Crippen molar-refractivity contribution in [2.45, 2.75) is 135 Å². The molecule has 0 aliphatic carbocycles. The van der Waals surface area contributed by atoms with E-state index < -0.39 is 26.6 Å². The number of phosphoric acid groups is 1. The van der Waals surface area contributed by atoms with Crippen molar-refractivity contribution in [2.24, 2.45) is 0 Å². The van der Waals surface area contributed by atoms with Crippen LogP contribution in [0.4, 0.5) is 0 Å². The number of unbranched alkanes of at least 4 members (excludes halogenated alkanes) is 12. The number of quaternary nitrogens is 1. The normalized spacial score (nSPS) is 15.4. The minimum Gasteiger partial charge on any atom is -0.756 e. The number of rotatable bonds is 29. The monoisotopic (exact) mass is 628 g/mol. The van der Waals surface area contributed by atoms with Gasteiger partial charge in [-0.2, -0.15) is 0 Å². The lowest BCUT2D eigenvalue weighted by molar-refractivity contribution is -0.870. The van der Waals surface area contributed by atoms with Crippen LogP contribution in [0.15, 0.2) is 36.5 Å². The molecular formula is C34H65N2O6P. The molecule has 0 rings (SSSR count). The van der Waals surface area contributed by atoms with Gasteiger partial charge < -0.3 is 28.8 Å². The molecule has 2 N–H and O–H groups in total. The molecule has 43 heavy (non-hydrogen) atoms. The van der Waals surface area contributed by atoms with Gasteiger partial charge in [-0.05, 0) is 51.4 Å². The van der Waals surface area contributed by atoms with Crippen LogP contribution in [0.5, 0.6) is 0 Å². The third-order valence-corrected chi connectivity index (χ3v) is 8.04. The summed E-state index contributed by atoms with van der Waals surface area (Å²) in [5.74, 6) is -0.224. The summed E-state index contributed by atoms with van der Waals surface area (Å²) >= 11 is 0. The van der Waals surface area contributed by atoms with E-state index in [1.807, 2.05) is 27.2 Å². The topological polar surface area (TPSA) is 108 Å². The minimum atomic E-state index is -4.58. The van der Waals surface area contributed by atoms with E-state index in [0.29, 0.717) is 17.4 Å². The van der Waals surface area contributed by atoms with Gasteiger partial charge >= 0.3 is 0 Å². The largest absolute Gasteiger partial charge is 0.756 e. The van der Waals surface area contributed by atoms with Crippen LogP contribution in [0.3, 0.4) is 0 Å². The van der Waals surface area contributed by atoms with Crippen molar-refractivity contribution >= 4 is 13.7 Å². The molecular weight excluding hydrogens is 563 g/mol. The maximum Gasteiger partial charge on any atom is 0.268 e. The van der Waals surface area contributed by atoms with E-state index in [4.69, 9.17) is 9.05 Å². The van der Waals surface area contributed by atoms with Crippen molar-refractivity contribution in [2.75, 3.05) is 40.9 Å². The number of phosphoric ester groups is 1. The van der Waals surface area contributed by atoms with Gasteiger partial charge in [-0.25, -0.2) is 0 Å². The highest BCUT2D eigenvalue weighted by Gasteiger charge is 2.23. The van der Waals surface area contributed by atoms with Crippen LogP contribution in [0.2, 0.25) is 0 Å². The molecule has 1 amide bonds. The van der Waals surface area contributed by atoms with Crippen molar-refractivity contribution in [1.82, 2.24) is 5.32 Å². The number of carbonyl (C=O) groups is 1. The predicted molar refractivity (Wildman–Crippen MR) is 178 cm³/mol. The second-order valence-corrected chi connectivity index (χ2v) is 13.9. The molecule has 0 heterocycles. The zero-order valence-corrected chi connectivity index (χ0v) is 29.0. The van der Waals surface area contributed by atoms with Crippen LogP contribution in [0.25, 0.3) is 0 Å². The maximum atomic E-state index is 12.7. The summed E-state index contributed by atoms with van der Waals surface area (Å²) in [6, 6.07) is -0.901. The highest BCUT2D eigenvalue weighted by atomic mass is 31.2. The summed E-state index contributed by atoms with van der Waals surface area (Å²) in [5.41, 5.74) is 0. The molecule has 0 saturated heterocycles. The van der Waals surface area contributed by atoms with Gasteiger partial charge in [0.1, 0.15) is 13.2 Å². The van der Waals surface area contributed by atoms with E-state index >= 15 is 0 Å². The second kappa shape index (κ2) is 27.1. The van der Waals surface area contributed by atoms with Crippen molar-refractivity contribution in [3.05, 3.63) is 36.5 Å². The zero-order valence-electron chi connectivity index (χ0n) is 28.1. The van der Waals surface area contributed by atoms with E-state index in [-0.39, 0.29) is 12.5 Å². The number of aliphatic hydroxyl groups excluding tert-OH is 1. The molecule has 9 heteroatoms. The lowest BCUT2D eigenvalue weighted by Crippen LogP contribution is -2.45. The Morgan fingerprint density at radius 1 is 0.791 bits per heavy atom. The molecule has 8 nitrogen and oxygen atoms in total. The number of nitrogens with zero attached hydrogens (tertiary/aromatic N) is 1. The SMILES string of the molecule is CCCC/C=C/CC/C=C/C(O)C(COP(=O)([O-])OCC[N+](C)(C)C)NC(=O)CCCCCCC/C=C\CCCCCC. The van der Waals surface area contributed by atoms with Gasteiger partial charge in [0.2, 0.25) is 5.91 Å². The molecule has 0 aromatic rings. The number of carbonyl (C=O) groups excluding carboxylic acids is 1. The fourth-order valence-corrected chi connectivity index (χ4v) is 4.99. The van der Waals surface area contributed by atoms with Gasteiger partial charge in [-0.3, -0.25) is 9.36 Å². The molecule has 0 spiro atoms. The Balaban J connectivity index is 4.62. The lowest BCUT2D eigenvalue weighted by Gasteiger charge is -2.29. The highest BCUT2D eigenvalue weighted by molar-refractivity contribution is 7.45. The number of hydrogen-bond acceptors (Lipinski definition) is 6. The Morgan fingerprint density at radius 2 is 1.33 bits per heavy atom. The standard InChI is InChI=1S/C34H65N2O6P/c1-6-8-10-12-14-16-17-18-19-20-22-24-26-28-34(38)35-32(31-42-43(39,40)41-30-29-36(3,4)5)33(37)27-25-23-21-15-13-11-9-7-2/h13,15-17,25,27,32-33,37H,6-12,14,18-24,26,28-31H2,1-5H3,(H-,35,38,39,40)/b15-13+,17-16-,27-25+. The summed E-state index contributed by atoms with van der Waals surface area (Å²) in [6.07, 6.45) is 29.2. The average molecular weight is 629 g/mol. The molecule has 3 unspecified atom stereocenters. The van der Waals surface area contributed by atoms with Crippen LogP contribution >= 0.6 is 7.82 Å². The minimum absolute atomic E-state index is 0.00906. The van der Waals surface area contributed by atoms with E-state index in [1.54, 1.807) is 6.08 Å². The van der Waals surface area contributed by atoms with Crippen LogP contribution in [-0.2, 0) is 18.4 Å². The predicted octanol–water partition coefficient (Wildman–Crippen LogP) is 7.38. The number of amides is 1. The van der Waals surface area contributed by atoms with Crippen LogP contribution in [0.1, 0.15) is 123 Å². The average Bonchev–Trinajstić information content (AvgIpc) is 2.94. The van der Waals surface area contributed by atoms with E-state index in [0.717, 1.165) is 57.8 Å². The van der Waals surface area contributed by atoms with Gasteiger partial charge in [-0.15, -0.1) is 0 Å². The van der Waals surface area contributed by atoms with Gasteiger partial charge in [0, 0.05) is 6.42 Å². The van der Waals surface area contributed by atoms with Crippen molar-refractivity contribution in [1.29, 1.82) is 0 Å². The summed E-state index contributed by atoms with van der Waals surface area (Å²) in [4.78, 5) is 25.0. The third kappa shape index (κ3) is 29.2. The van der Waals surface area contributed by atoms with Gasteiger partial charge in [0.15, 0.2) is 0 Å². The Morgan fingerprint density at radius 3 is 1.95 bits per heavy atom. The Bertz CT molecular complexity index is 809. The first-order chi connectivity index (χ1) is 20.5. The first kappa shape index (κ1) is 41.7. The molecule has 0 saturated carbocycles. The Hall–Kier alpha value is -1.28. The quantitative estimate of drug-likeness (QED) is 0.0387. The lowest BCUT2D eigenvalue weighted by atomic mass is 10.1. The molecule has 0 aliphatic heterocycles. The number of hydrogen-bond donors (Lipinski definition) is 2. The van der Waals surface area contributed by atoms with Gasteiger partial charge in [0.25, 0.3) is 7.82 Å². The number of aliphatic hydroxyl groups is 1. The van der Waals surface area contributed by atoms with Crippen molar-refractivity contribution < 1.29 is 32.9 Å². The molecule has 0 aromatic heterocycles. The number of allylic oxidation sites excluding steroid dienone is 5. The number of nitrogens with one attached hydrogen (secondary N) is 1. The summed E-state index contributed by atoms with van der Waals surface area (Å²) in [5, 5.41) is 13.5. The maximum absolute atomic E-state index is 12.7. The Labute approximate surface area is 264 Å². The van der Waals surface area contributed by atoms with Crippen LogP contribution < -0.4 is 10.2 Å². The zero-order chi connectivity index (χ0) is 32.2. The molecule has 252 valence electrons. The van der Waals surface area contributed by atoms with Crippen molar-refractivity contribution in [3.63, 3.8) is 0 Å². The van der Waals surface area contributed by atoms with E-state index in [1.165, 1.54) is 44.9 Å². The summed E-state index contributed by atoms with van der Waals surface area (Å²) < 4.78 is 22.9. The first-order valence-corrected chi connectivity index (χ1v) is 18.3. The molecule has 0 fully saturated rings. The van der Waals surface area contributed by atoms with Crippen LogP contribution in [0, 0.1) is 0 Å². The molecule has 3 atom stereocenters. The fraction of sp³-hybridized carbons (Fsp3) is 0.794. The molecule has 0 aromatic carbocycles. The Kier molecular flexibility index (Phi) is 26.3. The van der Waals surface area contributed by atoms with Crippen molar-refractivity contribution in [3.8, 4) is 0 Å². The molecule has 0 bridgehead atoms. The summed E-state index contributed by atoms with van der Waals surface area (Å²) in [6.45, 7) is 4.48. The third-order valence-electron chi connectivity index (χ3n) is 7.07. The molecule has 0 radical (unpaired) electrons.